The highest BCUT2D eigenvalue weighted by Crippen LogP contribution is 2.43. The van der Waals surface area contributed by atoms with Gasteiger partial charge >= 0.3 is 0 Å². The molecule has 3 heterocycles. The molecule has 0 aliphatic carbocycles. The minimum atomic E-state index is -0.216. The standard InChI is InChI=1S/C29H39ClN4O/c1-21-5-10-26-23(18-21)11-15-33(2)29(26)12-16-34(17-13-29)28(35)27(32-20-25-4-3-14-31-25)19-22-6-8-24(30)9-7-22/h5-10,18,25,27,31-32H,3-4,11-17,19-20H2,1-2H3/t25?,27-/m1/s1. The first kappa shape index (κ1) is 24.8. The van der Waals surface area contributed by atoms with E-state index < -0.39 is 0 Å². The van der Waals surface area contributed by atoms with Crippen LogP contribution in [0.4, 0.5) is 0 Å². The van der Waals surface area contributed by atoms with Gasteiger partial charge in [0.15, 0.2) is 0 Å². The number of aryl methyl sites for hydroxylation is 1. The molecule has 2 aromatic rings. The summed E-state index contributed by atoms with van der Waals surface area (Å²) in [7, 11) is 2.26. The lowest BCUT2D eigenvalue weighted by molar-refractivity contribution is -0.136. The first-order chi connectivity index (χ1) is 16.9. The molecule has 5 rings (SSSR count). The van der Waals surface area contributed by atoms with Crippen molar-refractivity contribution in [2.45, 2.75) is 63.1 Å². The van der Waals surface area contributed by atoms with E-state index in [2.05, 4.69) is 52.6 Å². The van der Waals surface area contributed by atoms with Gasteiger partial charge in [-0.3, -0.25) is 9.69 Å². The maximum absolute atomic E-state index is 13.8. The minimum Gasteiger partial charge on any atom is -0.341 e. The maximum atomic E-state index is 13.8. The van der Waals surface area contributed by atoms with Crippen molar-refractivity contribution in [3.05, 3.63) is 69.7 Å². The van der Waals surface area contributed by atoms with Gasteiger partial charge in [0.05, 0.1) is 6.04 Å². The fourth-order valence-corrected chi connectivity index (χ4v) is 6.50. The predicted octanol–water partition coefficient (Wildman–Crippen LogP) is 3.91. The van der Waals surface area contributed by atoms with Crippen LogP contribution < -0.4 is 10.6 Å². The third kappa shape index (κ3) is 5.29. The van der Waals surface area contributed by atoms with E-state index in [1.165, 1.54) is 29.5 Å². The number of rotatable bonds is 6. The number of piperidine rings is 1. The van der Waals surface area contributed by atoms with Gasteiger partial charge in [-0.2, -0.15) is 0 Å². The Balaban J connectivity index is 1.30. The lowest BCUT2D eigenvalue weighted by Crippen LogP contribution is -2.58. The molecule has 2 aromatic carbocycles. The van der Waals surface area contributed by atoms with Crippen molar-refractivity contribution < 1.29 is 4.79 Å². The fourth-order valence-electron chi connectivity index (χ4n) is 6.38. The molecule has 35 heavy (non-hydrogen) atoms. The van der Waals surface area contributed by atoms with Crippen LogP contribution in [0.3, 0.4) is 0 Å². The average molecular weight is 495 g/mol. The second-order valence-electron chi connectivity index (χ2n) is 10.8. The van der Waals surface area contributed by atoms with Crippen LogP contribution in [0.15, 0.2) is 42.5 Å². The summed E-state index contributed by atoms with van der Waals surface area (Å²) < 4.78 is 0. The van der Waals surface area contributed by atoms with Crippen LogP contribution in [0.5, 0.6) is 0 Å². The molecule has 1 unspecified atom stereocenters. The van der Waals surface area contributed by atoms with Gasteiger partial charge in [-0.15, -0.1) is 0 Å². The van der Waals surface area contributed by atoms with Gasteiger partial charge in [0.1, 0.15) is 0 Å². The highest BCUT2D eigenvalue weighted by atomic mass is 35.5. The minimum absolute atomic E-state index is 0.0466. The Labute approximate surface area is 215 Å². The zero-order chi connectivity index (χ0) is 24.4. The van der Waals surface area contributed by atoms with Crippen molar-refractivity contribution in [1.82, 2.24) is 20.4 Å². The number of fused-ring (bicyclic) bond motifs is 2. The van der Waals surface area contributed by atoms with Gasteiger partial charge in [0.25, 0.3) is 0 Å². The van der Waals surface area contributed by atoms with Gasteiger partial charge in [-0.05, 0) is 87.9 Å². The summed E-state index contributed by atoms with van der Waals surface area (Å²) in [6.07, 6.45) is 6.16. The molecule has 2 N–H and O–H groups in total. The van der Waals surface area contributed by atoms with Crippen molar-refractivity contribution in [2.75, 3.05) is 39.8 Å². The van der Waals surface area contributed by atoms with Gasteiger partial charge in [0, 0.05) is 42.8 Å². The Bertz CT molecular complexity index is 1030. The van der Waals surface area contributed by atoms with E-state index in [1.807, 2.05) is 24.3 Å². The first-order valence-electron chi connectivity index (χ1n) is 13.3. The van der Waals surface area contributed by atoms with Crippen molar-refractivity contribution in [2.24, 2.45) is 0 Å². The third-order valence-electron chi connectivity index (χ3n) is 8.54. The number of amides is 1. The van der Waals surface area contributed by atoms with E-state index in [9.17, 15) is 4.79 Å². The number of halogens is 1. The number of nitrogens with zero attached hydrogens (tertiary/aromatic N) is 2. The molecule has 0 bridgehead atoms. The van der Waals surface area contributed by atoms with Crippen LogP contribution >= 0.6 is 11.6 Å². The van der Waals surface area contributed by atoms with Crippen molar-refractivity contribution in [1.29, 1.82) is 0 Å². The second kappa shape index (κ2) is 10.6. The average Bonchev–Trinajstić information content (AvgIpc) is 3.39. The Morgan fingerprint density at radius 1 is 1.17 bits per heavy atom. The van der Waals surface area contributed by atoms with Crippen molar-refractivity contribution in [3.8, 4) is 0 Å². The number of carbonyl (C=O) groups is 1. The molecule has 1 amide bonds. The highest BCUT2D eigenvalue weighted by molar-refractivity contribution is 6.30. The predicted molar refractivity (Wildman–Crippen MR) is 143 cm³/mol. The van der Waals surface area contributed by atoms with E-state index in [4.69, 9.17) is 11.6 Å². The number of likely N-dealkylation sites (tertiary alicyclic amines) is 1. The topological polar surface area (TPSA) is 47.6 Å². The highest BCUT2D eigenvalue weighted by Gasteiger charge is 2.44. The molecule has 2 saturated heterocycles. The number of carbonyl (C=O) groups excluding carboxylic acids is 1. The van der Waals surface area contributed by atoms with Crippen LogP contribution in [0.2, 0.25) is 5.02 Å². The molecule has 3 aliphatic rings. The molecule has 188 valence electrons. The van der Waals surface area contributed by atoms with Crippen LogP contribution in [0.25, 0.3) is 0 Å². The van der Waals surface area contributed by atoms with Gasteiger partial charge in [-0.1, -0.05) is 47.5 Å². The summed E-state index contributed by atoms with van der Waals surface area (Å²) in [5.41, 5.74) is 5.50. The van der Waals surface area contributed by atoms with Crippen LogP contribution in [-0.4, -0.2) is 67.6 Å². The summed E-state index contributed by atoms with van der Waals surface area (Å²) in [6.45, 7) is 6.77. The van der Waals surface area contributed by atoms with Gasteiger partial charge < -0.3 is 15.5 Å². The number of benzene rings is 2. The van der Waals surface area contributed by atoms with Crippen molar-refractivity contribution >= 4 is 17.5 Å². The second-order valence-corrected chi connectivity index (χ2v) is 11.2. The zero-order valence-corrected chi connectivity index (χ0v) is 21.9. The van der Waals surface area contributed by atoms with Crippen LogP contribution in [0, 0.1) is 6.92 Å². The summed E-state index contributed by atoms with van der Waals surface area (Å²) >= 11 is 6.10. The molecule has 6 heteroatoms. The molecule has 2 atom stereocenters. The summed E-state index contributed by atoms with van der Waals surface area (Å²) in [5, 5.41) is 7.90. The smallest absolute Gasteiger partial charge is 0.240 e. The van der Waals surface area contributed by atoms with Crippen LogP contribution in [0.1, 0.15) is 47.9 Å². The van der Waals surface area contributed by atoms with E-state index in [0.29, 0.717) is 12.5 Å². The lowest BCUT2D eigenvalue weighted by Gasteiger charge is -2.51. The number of nitrogens with one attached hydrogen (secondary N) is 2. The lowest BCUT2D eigenvalue weighted by atomic mass is 9.74. The van der Waals surface area contributed by atoms with E-state index in [0.717, 1.165) is 62.6 Å². The normalized spacial score (nSPS) is 22.8. The monoisotopic (exact) mass is 494 g/mol. The van der Waals surface area contributed by atoms with Gasteiger partial charge in [-0.25, -0.2) is 0 Å². The number of hydrogen-bond donors (Lipinski definition) is 2. The molecule has 1 spiro atoms. The van der Waals surface area contributed by atoms with Crippen LogP contribution in [-0.2, 0) is 23.2 Å². The third-order valence-corrected chi connectivity index (χ3v) is 8.79. The molecular formula is C29H39ClN4O. The Morgan fingerprint density at radius 3 is 2.66 bits per heavy atom. The summed E-state index contributed by atoms with van der Waals surface area (Å²) in [6, 6.07) is 15.1. The Morgan fingerprint density at radius 2 is 1.94 bits per heavy atom. The van der Waals surface area contributed by atoms with Crippen molar-refractivity contribution in [3.63, 3.8) is 0 Å². The molecule has 0 saturated carbocycles. The van der Waals surface area contributed by atoms with E-state index in [-0.39, 0.29) is 17.5 Å². The molecule has 2 fully saturated rings. The fraction of sp³-hybridized carbons (Fsp3) is 0.552. The first-order valence-corrected chi connectivity index (χ1v) is 13.6. The molecule has 3 aliphatic heterocycles. The Kier molecular flexibility index (Phi) is 7.50. The quantitative estimate of drug-likeness (QED) is 0.639. The molecular weight excluding hydrogens is 456 g/mol. The SMILES string of the molecule is Cc1ccc2c(c1)CCN(C)C21CCN(C(=O)[C@@H](Cc2ccc(Cl)cc2)NCC2CCCN2)CC1. The molecule has 5 nitrogen and oxygen atoms in total. The van der Waals surface area contributed by atoms with E-state index in [1.54, 1.807) is 0 Å². The van der Waals surface area contributed by atoms with E-state index >= 15 is 0 Å². The maximum Gasteiger partial charge on any atom is 0.240 e. The number of likely N-dealkylation sites (N-methyl/N-ethyl adjacent to an activating group) is 1. The zero-order valence-electron chi connectivity index (χ0n) is 21.2. The van der Waals surface area contributed by atoms with Gasteiger partial charge in [0.2, 0.25) is 5.91 Å². The molecule has 0 radical (unpaired) electrons. The largest absolute Gasteiger partial charge is 0.341 e. The Hall–Kier alpha value is -1.92. The summed E-state index contributed by atoms with van der Waals surface area (Å²) in [5.74, 6) is 0.232. The molecule has 0 aromatic heterocycles. The number of hydrogen-bond acceptors (Lipinski definition) is 4. The summed E-state index contributed by atoms with van der Waals surface area (Å²) in [4.78, 5) is 18.5.